The molecule has 2 N–H and O–H groups in total. The highest BCUT2D eigenvalue weighted by molar-refractivity contribution is 8.14. The first kappa shape index (κ1) is 18.7. The number of benzene rings is 2. The first-order chi connectivity index (χ1) is 12.5. The van der Waals surface area contributed by atoms with Gasteiger partial charge < -0.3 is 10.5 Å². The maximum absolute atomic E-state index is 13.7. The first-order valence-corrected chi connectivity index (χ1v) is 9.18. The summed E-state index contributed by atoms with van der Waals surface area (Å²) >= 11 is 0.973. The van der Waals surface area contributed by atoms with Gasteiger partial charge in [-0.1, -0.05) is 24.3 Å². The van der Waals surface area contributed by atoms with Crippen molar-refractivity contribution in [2.24, 2.45) is 5.73 Å². The fraction of sp³-hybridized carbons (Fsp3) is 0.316. The van der Waals surface area contributed by atoms with E-state index in [0.29, 0.717) is 25.3 Å². The van der Waals surface area contributed by atoms with Crippen molar-refractivity contribution in [1.29, 1.82) is 0 Å². The summed E-state index contributed by atoms with van der Waals surface area (Å²) < 4.78 is 32.5. The number of halogens is 2. The Balaban J connectivity index is 1.56. The van der Waals surface area contributed by atoms with Crippen LogP contribution in [-0.2, 0) is 13.2 Å². The molecule has 1 aliphatic rings. The van der Waals surface area contributed by atoms with Crippen LogP contribution in [0.5, 0.6) is 5.75 Å². The second-order valence-electron chi connectivity index (χ2n) is 6.22. The van der Waals surface area contributed by atoms with Gasteiger partial charge >= 0.3 is 0 Å². The molecule has 0 aromatic heterocycles. The molecule has 1 unspecified atom stereocenters. The number of primary amides is 1. The molecule has 1 saturated heterocycles. The van der Waals surface area contributed by atoms with E-state index >= 15 is 0 Å². The van der Waals surface area contributed by atoms with Crippen LogP contribution in [0, 0.1) is 5.82 Å². The highest BCUT2D eigenvalue weighted by Crippen LogP contribution is 2.30. The molecule has 0 aliphatic carbocycles. The molecule has 3 rings (SSSR count). The largest absolute Gasteiger partial charge is 0.489 e. The van der Waals surface area contributed by atoms with Crippen molar-refractivity contribution in [3.05, 3.63) is 65.5 Å². The number of amides is 1. The van der Waals surface area contributed by atoms with E-state index in [1.165, 1.54) is 12.1 Å². The summed E-state index contributed by atoms with van der Waals surface area (Å²) in [5.74, 6) is 0.382. The zero-order valence-electron chi connectivity index (χ0n) is 14.1. The summed E-state index contributed by atoms with van der Waals surface area (Å²) in [5, 5.41) is -0.721. The average molecular weight is 378 g/mol. The second kappa shape index (κ2) is 8.51. The van der Waals surface area contributed by atoms with Gasteiger partial charge in [0.2, 0.25) is 0 Å². The van der Waals surface area contributed by atoms with Gasteiger partial charge in [-0.2, -0.15) is 0 Å². The lowest BCUT2D eigenvalue weighted by Crippen LogP contribution is -2.28. The number of rotatable bonds is 6. The van der Waals surface area contributed by atoms with E-state index in [0.717, 1.165) is 22.9 Å². The van der Waals surface area contributed by atoms with Gasteiger partial charge in [-0.3, -0.25) is 9.69 Å². The maximum Gasteiger partial charge on any atom is 0.278 e. The number of likely N-dealkylation sites (tertiary alicyclic amines) is 1. The molecule has 1 amide bonds. The van der Waals surface area contributed by atoms with Gasteiger partial charge in [-0.15, -0.1) is 0 Å². The van der Waals surface area contributed by atoms with E-state index in [1.807, 2.05) is 29.2 Å². The number of ether oxygens (including phenoxy) is 1. The molecule has 0 radical (unpaired) electrons. The van der Waals surface area contributed by atoms with Crippen molar-refractivity contribution in [1.82, 2.24) is 4.90 Å². The second-order valence-corrected chi connectivity index (χ2v) is 7.40. The highest BCUT2D eigenvalue weighted by Gasteiger charge is 2.33. The Labute approximate surface area is 155 Å². The Bertz CT molecular complexity index is 757. The van der Waals surface area contributed by atoms with E-state index < -0.39 is 11.4 Å². The molecule has 2 aromatic rings. The molecule has 1 aliphatic heterocycles. The summed E-state index contributed by atoms with van der Waals surface area (Å²) in [6.07, 6.45) is -0.636. The van der Waals surface area contributed by atoms with Gasteiger partial charge in [0.15, 0.2) is 0 Å². The molecule has 0 saturated carbocycles. The van der Waals surface area contributed by atoms with E-state index in [2.05, 4.69) is 0 Å². The smallest absolute Gasteiger partial charge is 0.278 e. The monoisotopic (exact) mass is 378 g/mol. The van der Waals surface area contributed by atoms with Gasteiger partial charge in [0.1, 0.15) is 24.3 Å². The Hall–Kier alpha value is -2.12. The lowest BCUT2D eigenvalue weighted by atomic mass is 10.2. The summed E-state index contributed by atoms with van der Waals surface area (Å²) in [7, 11) is 0. The number of alkyl halides is 1. The fourth-order valence-electron chi connectivity index (χ4n) is 2.96. The molecule has 0 bridgehead atoms. The molecule has 7 heteroatoms. The number of carbonyl (C=O) groups excluding carboxylic acids is 1. The third-order valence-corrected chi connectivity index (χ3v) is 5.15. The highest BCUT2D eigenvalue weighted by atomic mass is 32.2. The van der Waals surface area contributed by atoms with E-state index in [-0.39, 0.29) is 17.8 Å². The Kier molecular flexibility index (Phi) is 6.11. The molecule has 2 aromatic carbocycles. The van der Waals surface area contributed by atoms with Gasteiger partial charge in [-0.25, -0.2) is 8.78 Å². The molecule has 1 heterocycles. The molecule has 138 valence electrons. The Morgan fingerprint density at radius 1 is 1.23 bits per heavy atom. The van der Waals surface area contributed by atoms with E-state index in [1.54, 1.807) is 12.1 Å². The zero-order valence-corrected chi connectivity index (χ0v) is 14.9. The van der Waals surface area contributed by atoms with Crippen molar-refractivity contribution in [3.8, 4) is 5.75 Å². The molecule has 0 spiro atoms. The third kappa shape index (κ3) is 5.19. The summed E-state index contributed by atoms with van der Waals surface area (Å²) in [6, 6.07) is 13.7. The standard InChI is InChI=1S/C19H20F2N2O2S/c20-15-3-1-2-14(8-15)12-25-17-6-4-13(5-7-17)10-23-11-16(21)9-18(23)26-19(22)24/h1-8,16,18H,9-12H2,(H2,22,24)/t16-,18?/m1/s1. The first-order valence-electron chi connectivity index (χ1n) is 8.30. The molecular weight excluding hydrogens is 358 g/mol. The van der Waals surface area contributed by atoms with Crippen LogP contribution < -0.4 is 10.5 Å². The number of hydrogen-bond acceptors (Lipinski definition) is 4. The minimum atomic E-state index is -0.944. The van der Waals surface area contributed by atoms with Crippen LogP contribution in [0.3, 0.4) is 0 Å². The van der Waals surface area contributed by atoms with Gasteiger partial charge in [0.25, 0.3) is 5.24 Å². The molecule has 1 fully saturated rings. The van der Waals surface area contributed by atoms with Gasteiger partial charge in [0, 0.05) is 19.5 Å². The summed E-state index contributed by atoms with van der Waals surface area (Å²) in [6.45, 7) is 1.11. The minimum absolute atomic E-state index is 0.230. The van der Waals surface area contributed by atoms with Crippen LogP contribution in [-0.4, -0.2) is 28.2 Å². The minimum Gasteiger partial charge on any atom is -0.489 e. The predicted octanol–water partition coefficient (Wildman–Crippen LogP) is 4.09. The van der Waals surface area contributed by atoms with Crippen molar-refractivity contribution >= 4 is 17.0 Å². The lowest BCUT2D eigenvalue weighted by molar-refractivity contribution is 0.263. The van der Waals surface area contributed by atoms with Crippen molar-refractivity contribution < 1.29 is 18.3 Å². The van der Waals surface area contributed by atoms with Gasteiger partial charge in [0.05, 0.1) is 5.37 Å². The zero-order chi connectivity index (χ0) is 18.5. The van der Waals surface area contributed by atoms with Crippen molar-refractivity contribution in [2.75, 3.05) is 6.54 Å². The molecule has 26 heavy (non-hydrogen) atoms. The van der Waals surface area contributed by atoms with Gasteiger partial charge in [-0.05, 0) is 47.2 Å². The Morgan fingerprint density at radius 3 is 2.69 bits per heavy atom. The third-order valence-electron chi connectivity index (χ3n) is 4.15. The normalized spacial score (nSPS) is 20.2. The number of thioether (sulfide) groups is 1. The molecule has 2 atom stereocenters. The van der Waals surface area contributed by atoms with Crippen LogP contribution in [0.25, 0.3) is 0 Å². The number of carbonyl (C=O) groups is 1. The SMILES string of the molecule is NC(=O)SC1C[C@@H](F)CN1Cc1ccc(OCc2cccc(F)c2)cc1. The van der Waals surface area contributed by atoms with Crippen LogP contribution in [0.15, 0.2) is 48.5 Å². The predicted molar refractivity (Wildman–Crippen MR) is 98.1 cm³/mol. The van der Waals surface area contributed by atoms with Crippen LogP contribution in [0.4, 0.5) is 13.6 Å². The molecular formula is C19H20F2N2O2S. The number of hydrogen-bond donors (Lipinski definition) is 1. The van der Waals surface area contributed by atoms with Crippen molar-refractivity contribution in [3.63, 3.8) is 0 Å². The Morgan fingerprint density at radius 2 is 2.00 bits per heavy atom. The number of nitrogens with two attached hydrogens (primary N) is 1. The van der Waals surface area contributed by atoms with E-state index in [4.69, 9.17) is 10.5 Å². The maximum atomic E-state index is 13.7. The molecule has 4 nitrogen and oxygen atoms in total. The van der Waals surface area contributed by atoms with Crippen molar-refractivity contribution in [2.45, 2.75) is 31.1 Å². The lowest BCUT2D eigenvalue weighted by Gasteiger charge is -2.22. The number of nitrogens with zero attached hydrogens (tertiary/aromatic N) is 1. The van der Waals surface area contributed by atoms with E-state index in [9.17, 15) is 13.6 Å². The average Bonchev–Trinajstić information content (AvgIpc) is 2.92. The van der Waals surface area contributed by atoms with Crippen LogP contribution >= 0.6 is 11.8 Å². The summed E-state index contributed by atoms with van der Waals surface area (Å²) in [4.78, 5) is 13.0. The topological polar surface area (TPSA) is 55.6 Å². The quantitative estimate of drug-likeness (QED) is 0.823. The van der Waals surface area contributed by atoms with Crippen LogP contribution in [0.2, 0.25) is 0 Å². The summed E-state index contributed by atoms with van der Waals surface area (Å²) in [5.41, 5.74) is 6.97. The van der Waals surface area contributed by atoms with Crippen LogP contribution in [0.1, 0.15) is 17.5 Å². The fourth-order valence-corrected chi connectivity index (χ4v) is 3.84.